The van der Waals surface area contributed by atoms with Crippen LogP contribution in [-0.2, 0) is 16.0 Å². The number of nitrogens with zero attached hydrogens (tertiary/aromatic N) is 3. The Morgan fingerprint density at radius 3 is 3.09 bits per heavy atom. The summed E-state index contributed by atoms with van der Waals surface area (Å²) in [7, 11) is 4.16. The largest absolute Gasteiger partial charge is 0.380 e. The van der Waals surface area contributed by atoms with Crippen molar-refractivity contribution in [2.24, 2.45) is 5.92 Å². The summed E-state index contributed by atoms with van der Waals surface area (Å²) in [4.78, 5) is 8.96. The van der Waals surface area contributed by atoms with Crippen LogP contribution in [0.25, 0.3) is 0 Å². The lowest BCUT2D eigenvalue weighted by Gasteiger charge is -2.39. The second kappa shape index (κ2) is 8.20. The zero-order valence-electron chi connectivity index (χ0n) is 14.4. The maximum absolute atomic E-state index is 6.11. The van der Waals surface area contributed by atoms with Gasteiger partial charge in [0.15, 0.2) is 0 Å². The van der Waals surface area contributed by atoms with Gasteiger partial charge in [0.25, 0.3) is 0 Å². The van der Waals surface area contributed by atoms with Crippen LogP contribution in [0.15, 0.2) is 24.5 Å². The zero-order valence-corrected chi connectivity index (χ0v) is 14.4. The highest BCUT2D eigenvalue weighted by atomic mass is 16.5. The number of pyridine rings is 1. The standard InChI is InChI=1S/C18H29N3O2/c1-20(2)8-10-22-14-16-5-6-17-18(16)23-11-9-21(17)13-15-4-3-7-19-12-15/h3-4,7,12,16-18H,5-6,8-11,13-14H2,1-2H3/t16-,17-,18-/m0/s1. The van der Waals surface area contributed by atoms with Crippen molar-refractivity contribution < 1.29 is 9.47 Å². The van der Waals surface area contributed by atoms with Crippen molar-refractivity contribution in [1.29, 1.82) is 0 Å². The fourth-order valence-corrected chi connectivity index (χ4v) is 3.72. The molecule has 0 radical (unpaired) electrons. The van der Waals surface area contributed by atoms with Crippen molar-refractivity contribution in [1.82, 2.24) is 14.8 Å². The van der Waals surface area contributed by atoms with E-state index >= 15 is 0 Å². The van der Waals surface area contributed by atoms with Crippen molar-refractivity contribution in [3.8, 4) is 0 Å². The molecule has 1 aromatic heterocycles. The Kier molecular flexibility index (Phi) is 6.00. The summed E-state index contributed by atoms with van der Waals surface area (Å²) >= 11 is 0. The van der Waals surface area contributed by atoms with E-state index in [1.54, 1.807) is 0 Å². The van der Waals surface area contributed by atoms with Crippen molar-refractivity contribution in [3.63, 3.8) is 0 Å². The monoisotopic (exact) mass is 319 g/mol. The number of aromatic nitrogens is 1. The molecule has 1 saturated heterocycles. The Morgan fingerprint density at radius 2 is 2.30 bits per heavy atom. The van der Waals surface area contributed by atoms with Crippen molar-refractivity contribution in [3.05, 3.63) is 30.1 Å². The molecule has 2 fully saturated rings. The molecule has 0 spiro atoms. The number of morpholine rings is 1. The van der Waals surface area contributed by atoms with E-state index < -0.39 is 0 Å². The molecule has 1 saturated carbocycles. The van der Waals surface area contributed by atoms with Gasteiger partial charge in [0.05, 0.1) is 25.9 Å². The lowest BCUT2D eigenvalue weighted by Crippen LogP contribution is -2.50. The highest BCUT2D eigenvalue weighted by Crippen LogP contribution is 2.35. The fourth-order valence-electron chi connectivity index (χ4n) is 3.72. The molecule has 0 aromatic carbocycles. The van der Waals surface area contributed by atoms with Gasteiger partial charge in [0.1, 0.15) is 0 Å². The van der Waals surface area contributed by atoms with Crippen molar-refractivity contribution in [2.45, 2.75) is 31.5 Å². The van der Waals surface area contributed by atoms with E-state index in [9.17, 15) is 0 Å². The molecule has 0 amide bonds. The number of hydrogen-bond acceptors (Lipinski definition) is 5. The second-order valence-corrected chi connectivity index (χ2v) is 6.95. The molecule has 5 heteroatoms. The maximum Gasteiger partial charge on any atom is 0.0781 e. The minimum absolute atomic E-state index is 0.333. The van der Waals surface area contributed by atoms with Gasteiger partial charge in [0.2, 0.25) is 0 Å². The Labute approximate surface area is 139 Å². The van der Waals surface area contributed by atoms with E-state index in [4.69, 9.17) is 9.47 Å². The predicted molar refractivity (Wildman–Crippen MR) is 90.3 cm³/mol. The van der Waals surface area contributed by atoms with E-state index in [-0.39, 0.29) is 0 Å². The minimum atomic E-state index is 0.333. The maximum atomic E-state index is 6.11. The van der Waals surface area contributed by atoms with E-state index in [0.29, 0.717) is 18.1 Å². The van der Waals surface area contributed by atoms with Crippen LogP contribution in [0.4, 0.5) is 0 Å². The second-order valence-electron chi connectivity index (χ2n) is 6.95. The third-order valence-corrected chi connectivity index (χ3v) is 4.96. The molecule has 2 heterocycles. The predicted octanol–water partition coefficient (Wildman–Crippen LogP) is 1.64. The normalized spacial score (nSPS) is 28.2. The summed E-state index contributed by atoms with van der Waals surface area (Å²) in [6, 6.07) is 4.71. The molecule has 3 atom stereocenters. The Hall–Kier alpha value is -1.01. The van der Waals surface area contributed by atoms with Gasteiger partial charge in [-0.05, 0) is 38.6 Å². The van der Waals surface area contributed by atoms with Gasteiger partial charge >= 0.3 is 0 Å². The smallest absolute Gasteiger partial charge is 0.0781 e. The Balaban J connectivity index is 1.51. The molecular formula is C18H29N3O2. The molecule has 0 N–H and O–H groups in total. The van der Waals surface area contributed by atoms with E-state index in [1.165, 1.54) is 18.4 Å². The van der Waals surface area contributed by atoms with Gasteiger partial charge in [-0.15, -0.1) is 0 Å². The van der Waals surface area contributed by atoms with Gasteiger partial charge in [-0.2, -0.15) is 0 Å². The van der Waals surface area contributed by atoms with E-state index in [2.05, 4.69) is 34.9 Å². The Morgan fingerprint density at radius 1 is 1.39 bits per heavy atom. The average molecular weight is 319 g/mol. The highest BCUT2D eigenvalue weighted by Gasteiger charge is 2.42. The lowest BCUT2D eigenvalue weighted by molar-refractivity contribution is -0.0883. The first kappa shape index (κ1) is 16.8. The molecule has 23 heavy (non-hydrogen) atoms. The third kappa shape index (κ3) is 4.51. The number of ether oxygens (including phenoxy) is 2. The summed E-state index contributed by atoms with van der Waals surface area (Å²) in [5, 5.41) is 0. The topological polar surface area (TPSA) is 37.8 Å². The summed E-state index contributed by atoms with van der Waals surface area (Å²) in [6.07, 6.45) is 6.57. The van der Waals surface area contributed by atoms with Crippen LogP contribution < -0.4 is 0 Å². The van der Waals surface area contributed by atoms with Gasteiger partial charge in [-0.3, -0.25) is 9.88 Å². The van der Waals surface area contributed by atoms with Gasteiger partial charge in [-0.1, -0.05) is 6.07 Å². The van der Waals surface area contributed by atoms with E-state index in [1.807, 2.05) is 18.5 Å². The minimum Gasteiger partial charge on any atom is -0.380 e. The van der Waals surface area contributed by atoms with Gasteiger partial charge < -0.3 is 14.4 Å². The molecule has 3 rings (SSSR count). The Bertz CT molecular complexity index is 469. The molecule has 0 bridgehead atoms. The van der Waals surface area contributed by atoms with Crippen LogP contribution in [0.5, 0.6) is 0 Å². The number of likely N-dealkylation sites (N-methyl/N-ethyl adjacent to an activating group) is 1. The van der Waals surface area contributed by atoms with Crippen molar-refractivity contribution in [2.75, 3.05) is 47.0 Å². The summed E-state index contributed by atoms with van der Waals surface area (Å²) in [5.74, 6) is 0.541. The average Bonchev–Trinajstić information content (AvgIpc) is 2.97. The van der Waals surface area contributed by atoms with Crippen LogP contribution in [0.1, 0.15) is 18.4 Å². The summed E-state index contributed by atoms with van der Waals surface area (Å²) in [6.45, 7) is 5.44. The highest BCUT2D eigenvalue weighted by molar-refractivity contribution is 5.09. The molecule has 128 valence electrons. The van der Waals surface area contributed by atoms with E-state index in [0.717, 1.165) is 39.5 Å². The molecule has 1 aromatic rings. The van der Waals surface area contributed by atoms with Crippen LogP contribution in [-0.4, -0.2) is 73.9 Å². The number of hydrogen-bond donors (Lipinski definition) is 0. The van der Waals surface area contributed by atoms with Gasteiger partial charge in [0, 0.05) is 44.0 Å². The van der Waals surface area contributed by atoms with Crippen LogP contribution >= 0.6 is 0 Å². The quantitative estimate of drug-likeness (QED) is 0.714. The first-order valence-corrected chi connectivity index (χ1v) is 8.71. The molecular weight excluding hydrogens is 290 g/mol. The number of fused-ring (bicyclic) bond motifs is 1. The number of rotatable bonds is 7. The van der Waals surface area contributed by atoms with Crippen LogP contribution in [0.2, 0.25) is 0 Å². The summed E-state index contributed by atoms with van der Waals surface area (Å²) in [5.41, 5.74) is 1.29. The molecule has 5 nitrogen and oxygen atoms in total. The third-order valence-electron chi connectivity index (χ3n) is 4.96. The van der Waals surface area contributed by atoms with Crippen molar-refractivity contribution >= 4 is 0 Å². The van der Waals surface area contributed by atoms with Crippen LogP contribution in [0.3, 0.4) is 0 Å². The molecule has 1 aliphatic heterocycles. The molecule has 0 unspecified atom stereocenters. The first-order valence-electron chi connectivity index (χ1n) is 8.71. The first-order chi connectivity index (χ1) is 11.2. The molecule has 2 aliphatic rings. The van der Waals surface area contributed by atoms with Gasteiger partial charge in [-0.25, -0.2) is 0 Å². The zero-order chi connectivity index (χ0) is 16.1. The lowest BCUT2D eigenvalue weighted by atomic mass is 10.0. The summed E-state index contributed by atoms with van der Waals surface area (Å²) < 4.78 is 12.0. The van der Waals surface area contributed by atoms with Crippen LogP contribution in [0, 0.1) is 5.92 Å². The fraction of sp³-hybridized carbons (Fsp3) is 0.722. The molecule has 1 aliphatic carbocycles. The SMILES string of the molecule is CN(C)CCOC[C@@H]1CC[C@H]2[C@H]1OCCN2Cc1cccnc1.